The summed E-state index contributed by atoms with van der Waals surface area (Å²) in [6.07, 6.45) is 2.56. The summed E-state index contributed by atoms with van der Waals surface area (Å²) < 4.78 is 11.0. The molecule has 0 saturated carbocycles. The molecular weight excluding hydrogens is 312 g/mol. The second kappa shape index (κ2) is 8.33. The van der Waals surface area contributed by atoms with Crippen molar-refractivity contribution in [3.05, 3.63) is 41.9 Å². The zero-order valence-electron chi connectivity index (χ0n) is 13.3. The van der Waals surface area contributed by atoms with Gasteiger partial charge in [0.15, 0.2) is 11.5 Å². The topological polar surface area (TPSA) is 60.5 Å². The SMILES string of the molecule is C=CCNC(=O)c1csc(-c2ccc(OCCC)c(OC)c2)n1. The van der Waals surface area contributed by atoms with Gasteiger partial charge in [-0.3, -0.25) is 4.79 Å². The Morgan fingerprint density at radius 3 is 2.96 bits per heavy atom. The zero-order chi connectivity index (χ0) is 16.7. The summed E-state index contributed by atoms with van der Waals surface area (Å²) in [6, 6.07) is 5.65. The summed E-state index contributed by atoms with van der Waals surface area (Å²) in [5.41, 5.74) is 1.29. The second-order valence-electron chi connectivity index (χ2n) is 4.75. The van der Waals surface area contributed by atoms with Gasteiger partial charge in [-0.15, -0.1) is 17.9 Å². The normalized spacial score (nSPS) is 10.2. The monoisotopic (exact) mass is 332 g/mol. The zero-order valence-corrected chi connectivity index (χ0v) is 14.1. The summed E-state index contributed by atoms with van der Waals surface area (Å²) in [4.78, 5) is 16.3. The maximum Gasteiger partial charge on any atom is 0.271 e. The highest BCUT2D eigenvalue weighted by molar-refractivity contribution is 7.13. The van der Waals surface area contributed by atoms with Crippen molar-refractivity contribution in [1.29, 1.82) is 0 Å². The van der Waals surface area contributed by atoms with Gasteiger partial charge in [-0.2, -0.15) is 0 Å². The molecule has 0 saturated heterocycles. The van der Waals surface area contributed by atoms with Crippen LogP contribution in [-0.4, -0.2) is 31.2 Å². The molecule has 2 rings (SSSR count). The van der Waals surface area contributed by atoms with Crippen molar-refractivity contribution in [3.63, 3.8) is 0 Å². The first-order chi connectivity index (χ1) is 11.2. The molecule has 1 aromatic carbocycles. The molecule has 23 heavy (non-hydrogen) atoms. The summed E-state index contributed by atoms with van der Waals surface area (Å²) in [7, 11) is 1.61. The number of methoxy groups -OCH3 is 1. The number of carbonyl (C=O) groups excluding carboxylic acids is 1. The lowest BCUT2D eigenvalue weighted by Crippen LogP contribution is -2.23. The number of aromatic nitrogens is 1. The molecule has 0 bridgehead atoms. The molecular formula is C17H20N2O3S. The molecule has 1 amide bonds. The predicted molar refractivity (Wildman–Crippen MR) is 92.4 cm³/mol. The quantitative estimate of drug-likeness (QED) is 0.751. The number of nitrogens with zero attached hydrogens (tertiary/aromatic N) is 1. The Morgan fingerprint density at radius 1 is 1.43 bits per heavy atom. The number of ether oxygens (including phenoxy) is 2. The molecule has 0 aliphatic carbocycles. The summed E-state index contributed by atoms with van der Waals surface area (Å²) in [5, 5.41) is 5.21. The standard InChI is InChI=1S/C17H20N2O3S/c1-4-8-18-16(20)13-11-23-17(19-13)12-6-7-14(22-9-5-2)15(10-12)21-3/h4,6-7,10-11H,1,5,8-9H2,2-3H3,(H,18,20). The molecule has 2 aromatic rings. The first-order valence-corrected chi connectivity index (χ1v) is 8.23. The fraction of sp³-hybridized carbons (Fsp3) is 0.294. The summed E-state index contributed by atoms with van der Waals surface area (Å²) >= 11 is 1.41. The molecule has 1 aromatic heterocycles. The molecule has 5 nitrogen and oxygen atoms in total. The molecule has 6 heteroatoms. The van der Waals surface area contributed by atoms with Gasteiger partial charge in [-0.05, 0) is 24.6 Å². The van der Waals surface area contributed by atoms with Crippen LogP contribution in [0.1, 0.15) is 23.8 Å². The average molecular weight is 332 g/mol. The van der Waals surface area contributed by atoms with E-state index in [-0.39, 0.29) is 5.91 Å². The third-order valence-electron chi connectivity index (χ3n) is 3.02. The molecule has 0 spiro atoms. The average Bonchev–Trinajstić information content (AvgIpc) is 3.07. The molecule has 122 valence electrons. The van der Waals surface area contributed by atoms with Crippen LogP contribution >= 0.6 is 11.3 Å². The Hall–Kier alpha value is -2.34. The van der Waals surface area contributed by atoms with Crippen molar-refractivity contribution in [2.45, 2.75) is 13.3 Å². The predicted octanol–water partition coefficient (Wildman–Crippen LogP) is 3.52. The van der Waals surface area contributed by atoms with E-state index in [1.807, 2.05) is 18.2 Å². The van der Waals surface area contributed by atoms with Gasteiger partial charge in [0.1, 0.15) is 10.7 Å². The molecule has 0 radical (unpaired) electrons. The van der Waals surface area contributed by atoms with Crippen LogP contribution in [-0.2, 0) is 0 Å². The Balaban J connectivity index is 2.20. The minimum atomic E-state index is -0.206. The lowest BCUT2D eigenvalue weighted by atomic mass is 10.2. The fourth-order valence-corrected chi connectivity index (χ4v) is 2.70. The minimum Gasteiger partial charge on any atom is -0.493 e. The highest BCUT2D eigenvalue weighted by Crippen LogP contribution is 2.33. The summed E-state index contributed by atoms with van der Waals surface area (Å²) in [6.45, 7) is 6.68. The third kappa shape index (κ3) is 4.32. The number of hydrogen-bond acceptors (Lipinski definition) is 5. The Morgan fingerprint density at radius 2 is 2.26 bits per heavy atom. The highest BCUT2D eigenvalue weighted by atomic mass is 32.1. The van der Waals surface area contributed by atoms with Gasteiger partial charge in [0, 0.05) is 17.5 Å². The van der Waals surface area contributed by atoms with Gasteiger partial charge in [-0.25, -0.2) is 4.98 Å². The molecule has 0 unspecified atom stereocenters. The third-order valence-corrected chi connectivity index (χ3v) is 3.91. The number of thiazole rings is 1. The number of carbonyl (C=O) groups is 1. The molecule has 0 atom stereocenters. The first-order valence-electron chi connectivity index (χ1n) is 7.35. The van der Waals surface area contributed by atoms with Gasteiger partial charge in [0.05, 0.1) is 13.7 Å². The Bertz CT molecular complexity index is 682. The molecule has 0 aliphatic rings. The number of rotatable bonds is 8. The molecule has 0 fully saturated rings. The summed E-state index contributed by atoms with van der Waals surface area (Å²) in [5.74, 6) is 1.16. The van der Waals surface area contributed by atoms with Crippen LogP contribution in [0.5, 0.6) is 11.5 Å². The maximum atomic E-state index is 11.9. The lowest BCUT2D eigenvalue weighted by molar-refractivity contribution is 0.0954. The fourth-order valence-electron chi connectivity index (χ4n) is 1.90. The van der Waals surface area contributed by atoms with Crippen LogP contribution in [0, 0.1) is 0 Å². The van der Waals surface area contributed by atoms with Crippen LogP contribution in [0.4, 0.5) is 0 Å². The number of nitrogens with one attached hydrogen (secondary N) is 1. The minimum absolute atomic E-state index is 0.206. The number of hydrogen-bond donors (Lipinski definition) is 1. The van der Waals surface area contributed by atoms with Gasteiger partial charge in [0.25, 0.3) is 5.91 Å². The van der Waals surface area contributed by atoms with E-state index in [1.54, 1.807) is 18.6 Å². The van der Waals surface area contributed by atoms with Crippen LogP contribution in [0.2, 0.25) is 0 Å². The first kappa shape index (κ1) is 17.0. The largest absolute Gasteiger partial charge is 0.493 e. The van der Waals surface area contributed by atoms with Gasteiger partial charge in [-0.1, -0.05) is 13.0 Å². The Labute approximate surface area is 140 Å². The van der Waals surface area contributed by atoms with Gasteiger partial charge in [0.2, 0.25) is 0 Å². The van der Waals surface area contributed by atoms with Gasteiger partial charge < -0.3 is 14.8 Å². The van der Waals surface area contributed by atoms with E-state index in [9.17, 15) is 4.79 Å². The van der Waals surface area contributed by atoms with Crippen LogP contribution < -0.4 is 14.8 Å². The van der Waals surface area contributed by atoms with E-state index in [4.69, 9.17) is 9.47 Å². The van der Waals surface area contributed by atoms with Crippen molar-refractivity contribution in [3.8, 4) is 22.1 Å². The number of benzene rings is 1. The van der Waals surface area contributed by atoms with Crippen LogP contribution in [0.25, 0.3) is 10.6 Å². The van der Waals surface area contributed by atoms with E-state index in [0.29, 0.717) is 30.3 Å². The van der Waals surface area contributed by atoms with Crippen molar-refractivity contribution in [1.82, 2.24) is 10.3 Å². The highest BCUT2D eigenvalue weighted by Gasteiger charge is 2.13. The number of amides is 1. The van der Waals surface area contributed by atoms with Crippen molar-refractivity contribution < 1.29 is 14.3 Å². The Kier molecular flexibility index (Phi) is 6.17. The van der Waals surface area contributed by atoms with Crippen molar-refractivity contribution >= 4 is 17.2 Å². The molecule has 1 heterocycles. The lowest BCUT2D eigenvalue weighted by Gasteiger charge is -2.10. The second-order valence-corrected chi connectivity index (χ2v) is 5.61. The van der Waals surface area contributed by atoms with E-state index in [0.717, 1.165) is 17.0 Å². The maximum absolute atomic E-state index is 11.9. The molecule has 1 N–H and O–H groups in total. The van der Waals surface area contributed by atoms with Crippen LogP contribution in [0.3, 0.4) is 0 Å². The smallest absolute Gasteiger partial charge is 0.271 e. The molecule has 0 aliphatic heterocycles. The van der Waals surface area contributed by atoms with E-state index < -0.39 is 0 Å². The van der Waals surface area contributed by atoms with E-state index in [1.165, 1.54) is 11.3 Å². The van der Waals surface area contributed by atoms with E-state index >= 15 is 0 Å². The van der Waals surface area contributed by atoms with E-state index in [2.05, 4.69) is 23.8 Å². The van der Waals surface area contributed by atoms with Crippen LogP contribution in [0.15, 0.2) is 36.2 Å². The van der Waals surface area contributed by atoms with Crippen molar-refractivity contribution in [2.75, 3.05) is 20.3 Å². The van der Waals surface area contributed by atoms with Gasteiger partial charge >= 0.3 is 0 Å². The van der Waals surface area contributed by atoms with Crippen molar-refractivity contribution in [2.24, 2.45) is 0 Å².